The van der Waals surface area contributed by atoms with Gasteiger partial charge in [0, 0.05) is 27.5 Å². The van der Waals surface area contributed by atoms with Crippen LogP contribution in [0.2, 0.25) is 0 Å². The first-order valence-corrected chi connectivity index (χ1v) is 21.3. The van der Waals surface area contributed by atoms with E-state index in [9.17, 15) is 0 Å². The quantitative estimate of drug-likeness (QED) is 0.174. The zero-order valence-corrected chi connectivity index (χ0v) is 34.4. The van der Waals surface area contributed by atoms with Gasteiger partial charge >= 0.3 is 0 Å². The van der Waals surface area contributed by atoms with Crippen molar-refractivity contribution in [3.8, 4) is 67.3 Å². The fourth-order valence-corrected chi connectivity index (χ4v) is 10.6. The van der Waals surface area contributed by atoms with Gasteiger partial charge in [-0.1, -0.05) is 196 Å². The Hall–Kier alpha value is -7.42. The van der Waals surface area contributed by atoms with Crippen LogP contribution in [-0.4, -0.2) is 9.97 Å². The van der Waals surface area contributed by atoms with Gasteiger partial charge in [0.25, 0.3) is 0 Å². The third-order valence-corrected chi connectivity index (χ3v) is 13.8. The summed E-state index contributed by atoms with van der Waals surface area (Å²) in [5.41, 5.74) is 18.9. The van der Waals surface area contributed by atoms with E-state index in [1.807, 2.05) is 6.07 Å². The minimum Gasteiger partial charge on any atom is -0.228 e. The van der Waals surface area contributed by atoms with Gasteiger partial charge in [-0.3, -0.25) is 0 Å². The molecule has 0 amide bonds. The number of benzene rings is 9. The van der Waals surface area contributed by atoms with Crippen LogP contribution in [-0.2, 0) is 10.8 Å². The van der Waals surface area contributed by atoms with Crippen molar-refractivity contribution in [2.45, 2.75) is 31.6 Å². The summed E-state index contributed by atoms with van der Waals surface area (Å²) in [6.07, 6.45) is 0. The molecule has 1 aromatic heterocycles. The van der Waals surface area contributed by atoms with E-state index in [4.69, 9.17) is 9.97 Å². The van der Waals surface area contributed by atoms with E-state index in [0.29, 0.717) is 5.82 Å². The van der Waals surface area contributed by atoms with Crippen molar-refractivity contribution in [2.75, 3.05) is 0 Å². The summed E-state index contributed by atoms with van der Waals surface area (Å²) in [6, 6.07) is 73.2. The third-order valence-electron chi connectivity index (χ3n) is 13.8. The molecule has 0 saturated heterocycles. The van der Waals surface area contributed by atoms with Gasteiger partial charge in [0.1, 0.15) is 0 Å². The largest absolute Gasteiger partial charge is 0.228 e. The maximum Gasteiger partial charge on any atom is 0.160 e. The maximum absolute atomic E-state index is 5.34. The topological polar surface area (TPSA) is 25.8 Å². The molecule has 0 bridgehead atoms. The molecule has 0 radical (unpaired) electrons. The molecule has 2 aliphatic carbocycles. The molecule has 0 aliphatic heterocycles. The molecule has 2 nitrogen and oxygen atoms in total. The van der Waals surface area contributed by atoms with E-state index in [-0.39, 0.29) is 10.8 Å². The van der Waals surface area contributed by atoms with Gasteiger partial charge in [-0.25, -0.2) is 9.97 Å². The fraction of sp³-hybridized carbons (Fsp3) is 0.0847. The molecule has 10 aromatic rings. The Morgan fingerprint density at radius 2 is 0.951 bits per heavy atom. The average molecular weight is 779 g/mol. The predicted molar refractivity (Wildman–Crippen MR) is 254 cm³/mol. The second kappa shape index (κ2) is 13.3. The molecule has 0 fully saturated rings. The van der Waals surface area contributed by atoms with Crippen LogP contribution in [0.15, 0.2) is 200 Å². The lowest BCUT2D eigenvalue weighted by Crippen LogP contribution is -2.22. The van der Waals surface area contributed by atoms with Gasteiger partial charge in [0.05, 0.1) is 11.4 Å². The summed E-state index contributed by atoms with van der Waals surface area (Å²) in [6.45, 7) is 7.09. The van der Waals surface area contributed by atoms with E-state index in [0.717, 1.165) is 33.5 Å². The van der Waals surface area contributed by atoms with E-state index < -0.39 is 0 Å². The first kappa shape index (κ1) is 35.5. The number of hydrogen-bond acceptors (Lipinski definition) is 2. The van der Waals surface area contributed by atoms with Crippen LogP contribution in [0.3, 0.4) is 0 Å². The van der Waals surface area contributed by atoms with Crippen LogP contribution in [0, 0.1) is 0 Å². The lowest BCUT2D eigenvalue weighted by atomic mass is 9.74. The number of nitrogens with zero attached hydrogens (tertiary/aromatic N) is 2. The molecule has 12 rings (SSSR count). The standard InChI is InChI=1S/C59H42N2/c1-58(2)50-32-28-39(34-49(50)56-43-21-11-10-16-37(43)27-33-52(56)58)42-30-31-48(45-23-13-12-22-44(42)45)55-36-54(60-57(61-55)38-17-6-4-7-18-38)40-26-29-47-46-24-14-15-25-51(46)59(3,53(47)35-40)41-19-8-5-9-20-41/h4-36H,1-3H3. The highest BCUT2D eigenvalue weighted by Gasteiger charge is 2.41. The van der Waals surface area contributed by atoms with Crippen molar-refractivity contribution in [1.82, 2.24) is 9.97 Å². The van der Waals surface area contributed by atoms with Crippen molar-refractivity contribution in [3.63, 3.8) is 0 Å². The molecule has 0 saturated carbocycles. The molecule has 1 atom stereocenters. The molecule has 288 valence electrons. The third kappa shape index (κ3) is 5.28. The van der Waals surface area contributed by atoms with Crippen molar-refractivity contribution >= 4 is 21.5 Å². The number of hydrogen-bond donors (Lipinski definition) is 0. The molecule has 2 heteroatoms. The number of rotatable bonds is 5. The van der Waals surface area contributed by atoms with Crippen LogP contribution in [0.4, 0.5) is 0 Å². The lowest BCUT2D eigenvalue weighted by molar-refractivity contribution is 0.661. The first-order chi connectivity index (χ1) is 29.9. The molecule has 9 aromatic carbocycles. The average Bonchev–Trinajstić information content (AvgIpc) is 3.72. The normalized spacial score (nSPS) is 15.7. The molecule has 61 heavy (non-hydrogen) atoms. The van der Waals surface area contributed by atoms with Gasteiger partial charge in [-0.2, -0.15) is 0 Å². The molecule has 1 heterocycles. The molecule has 1 unspecified atom stereocenters. The van der Waals surface area contributed by atoms with Crippen LogP contribution < -0.4 is 0 Å². The summed E-state index contributed by atoms with van der Waals surface area (Å²) in [7, 11) is 0. The van der Waals surface area contributed by atoms with Crippen LogP contribution >= 0.6 is 0 Å². The highest BCUT2D eigenvalue weighted by atomic mass is 14.9. The second-order valence-electron chi connectivity index (χ2n) is 17.4. The Bertz CT molecular complexity index is 3400. The van der Waals surface area contributed by atoms with E-state index >= 15 is 0 Å². The minimum atomic E-state index is -0.310. The monoisotopic (exact) mass is 778 g/mol. The molecular weight excluding hydrogens is 737 g/mol. The molecular formula is C59H42N2. The Kier molecular flexibility index (Phi) is 7.74. The van der Waals surface area contributed by atoms with Crippen molar-refractivity contribution in [2.24, 2.45) is 0 Å². The number of fused-ring (bicyclic) bond motifs is 9. The maximum atomic E-state index is 5.34. The smallest absolute Gasteiger partial charge is 0.160 e. The van der Waals surface area contributed by atoms with E-state index in [1.165, 1.54) is 77.4 Å². The van der Waals surface area contributed by atoms with Gasteiger partial charge in [0.2, 0.25) is 0 Å². The highest BCUT2D eigenvalue weighted by Crippen LogP contribution is 2.54. The Morgan fingerprint density at radius 1 is 0.344 bits per heavy atom. The Balaban J connectivity index is 1.03. The Morgan fingerprint density at radius 3 is 1.77 bits per heavy atom. The first-order valence-electron chi connectivity index (χ1n) is 21.3. The van der Waals surface area contributed by atoms with Gasteiger partial charge < -0.3 is 0 Å². The molecule has 0 spiro atoms. The van der Waals surface area contributed by atoms with Crippen LogP contribution in [0.25, 0.3) is 88.8 Å². The fourth-order valence-electron chi connectivity index (χ4n) is 10.6. The van der Waals surface area contributed by atoms with E-state index in [2.05, 4.69) is 215 Å². The Labute approximate surface area is 356 Å². The highest BCUT2D eigenvalue weighted by molar-refractivity contribution is 6.07. The minimum absolute atomic E-state index is 0.0800. The van der Waals surface area contributed by atoms with Crippen molar-refractivity contribution in [3.05, 3.63) is 228 Å². The summed E-state index contributed by atoms with van der Waals surface area (Å²) in [4.78, 5) is 10.7. The molecule has 2 aliphatic rings. The summed E-state index contributed by atoms with van der Waals surface area (Å²) in [5, 5.41) is 4.96. The second-order valence-corrected chi connectivity index (χ2v) is 17.4. The van der Waals surface area contributed by atoms with Crippen LogP contribution in [0.5, 0.6) is 0 Å². The van der Waals surface area contributed by atoms with Gasteiger partial charge in [-0.05, 0) is 108 Å². The van der Waals surface area contributed by atoms with Crippen LogP contribution in [0.1, 0.15) is 48.6 Å². The zero-order chi connectivity index (χ0) is 40.9. The SMILES string of the molecule is CC1(C)c2ccc(-c3ccc(-c4cc(-c5ccc6c(c5)C(C)(c5ccccc5)c5ccccc5-6)nc(-c5ccccc5)n4)c4ccccc34)cc2-c2c1ccc1ccccc21. The summed E-state index contributed by atoms with van der Waals surface area (Å²) in [5.74, 6) is 0.711. The predicted octanol–water partition coefficient (Wildman–Crippen LogP) is 15.1. The zero-order valence-electron chi connectivity index (χ0n) is 34.4. The van der Waals surface area contributed by atoms with Crippen molar-refractivity contribution in [1.29, 1.82) is 0 Å². The summed E-state index contributed by atoms with van der Waals surface area (Å²) >= 11 is 0. The number of aromatic nitrogens is 2. The summed E-state index contributed by atoms with van der Waals surface area (Å²) < 4.78 is 0. The van der Waals surface area contributed by atoms with Gasteiger partial charge in [0.15, 0.2) is 5.82 Å². The van der Waals surface area contributed by atoms with Gasteiger partial charge in [-0.15, -0.1) is 0 Å². The lowest BCUT2D eigenvalue weighted by Gasteiger charge is -2.28. The molecule has 0 N–H and O–H groups in total. The van der Waals surface area contributed by atoms with Crippen molar-refractivity contribution < 1.29 is 0 Å². The van der Waals surface area contributed by atoms with E-state index in [1.54, 1.807) is 0 Å².